The van der Waals surface area contributed by atoms with Crippen LogP contribution in [0.2, 0.25) is 0 Å². The maximum Gasteiger partial charge on any atom is 0.270 e. The van der Waals surface area contributed by atoms with Crippen molar-refractivity contribution < 1.29 is 14.3 Å². The van der Waals surface area contributed by atoms with Crippen LogP contribution in [0.5, 0.6) is 5.75 Å². The van der Waals surface area contributed by atoms with Gasteiger partial charge in [-0.05, 0) is 45.4 Å². The summed E-state index contributed by atoms with van der Waals surface area (Å²) in [5, 5.41) is 0. The smallest absolute Gasteiger partial charge is 0.270 e. The van der Waals surface area contributed by atoms with Crippen LogP contribution in [0.3, 0.4) is 0 Å². The van der Waals surface area contributed by atoms with Gasteiger partial charge in [0.2, 0.25) is 0 Å². The van der Waals surface area contributed by atoms with E-state index in [0.717, 1.165) is 12.0 Å². The second-order valence-corrected chi connectivity index (χ2v) is 6.32. The largest absolute Gasteiger partial charge is 0.476 e. The quantitative estimate of drug-likeness (QED) is 0.614. The minimum atomic E-state index is -0.919. The fraction of sp³-hybridized carbons (Fsp3) is 0.444. The van der Waals surface area contributed by atoms with E-state index in [-0.39, 0.29) is 11.7 Å². The number of nitrogens with zero attached hydrogens (tertiary/aromatic N) is 1. The van der Waals surface area contributed by atoms with Gasteiger partial charge in [0.25, 0.3) is 5.91 Å². The molecule has 1 aromatic rings. The Balaban J connectivity index is 2.48. The Hall–Kier alpha value is -2.10. The Morgan fingerprint density at radius 3 is 2.64 bits per heavy atom. The highest BCUT2D eigenvalue weighted by atomic mass is 16.5. The molecule has 22 heavy (non-hydrogen) atoms. The van der Waals surface area contributed by atoms with Crippen molar-refractivity contribution in [1.82, 2.24) is 0 Å². The summed E-state index contributed by atoms with van der Waals surface area (Å²) in [5.41, 5.74) is 1.22. The van der Waals surface area contributed by atoms with Gasteiger partial charge in [0.15, 0.2) is 11.4 Å². The lowest BCUT2D eigenvalue weighted by Crippen LogP contribution is -2.52. The fourth-order valence-electron chi connectivity index (χ4n) is 2.54. The zero-order valence-electron chi connectivity index (χ0n) is 13.7. The van der Waals surface area contributed by atoms with Crippen molar-refractivity contribution in [2.24, 2.45) is 0 Å². The maximum absolute atomic E-state index is 12.6. The molecule has 0 N–H and O–H groups in total. The van der Waals surface area contributed by atoms with E-state index in [0.29, 0.717) is 30.0 Å². The highest BCUT2D eigenvalue weighted by Crippen LogP contribution is 2.38. The zero-order chi connectivity index (χ0) is 16.5. The normalized spacial score (nSPS) is 16.0. The van der Waals surface area contributed by atoms with Gasteiger partial charge in [-0.1, -0.05) is 19.1 Å². The number of ketones is 1. The second kappa shape index (κ2) is 5.95. The number of anilines is 1. The fourth-order valence-corrected chi connectivity index (χ4v) is 2.54. The first kappa shape index (κ1) is 16.3. The van der Waals surface area contributed by atoms with Crippen LogP contribution in [0.1, 0.15) is 50.9 Å². The van der Waals surface area contributed by atoms with Gasteiger partial charge in [-0.15, -0.1) is 0 Å². The van der Waals surface area contributed by atoms with E-state index < -0.39 is 5.60 Å². The summed E-state index contributed by atoms with van der Waals surface area (Å²) < 4.78 is 5.81. The molecule has 1 amide bonds. The van der Waals surface area contributed by atoms with Crippen molar-refractivity contribution >= 4 is 17.4 Å². The molecule has 0 unspecified atom stereocenters. The molecule has 118 valence electrons. The lowest BCUT2D eigenvalue weighted by molar-refractivity contribution is -0.132. The molecule has 0 spiro atoms. The van der Waals surface area contributed by atoms with Crippen LogP contribution in [0.4, 0.5) is 5.69 Å². The van der Waals surface area contributed by atoms with E-state index in [4.69, 9.17) is 4.74 Å². The van der Waals surface area contributed by atoms with Gasteiger partial charge in [-0.2, -0.15) is 0 Å². The highest BCUT2D eigenvalue weighted by molar-refractivity contribution is 6.04. The van der Waals surface area contributed by atoms with Gasteiger partial charge in [-0.25, -0.2) is 0 Å². The molecule has 4 nitrogen and oxygen atoms in total. The minimum absolute atomic E-state index is 0.0813. The third-order valence-electron chi connectivity index (χ3n) is 3.60. The predicted molar refractivity (Wildman–Crippen MR) is 87.6 cm³/mol. The third-order valence-corrected chi connectivity index (χ3v) is 3.60. The first-order valence-corrected chi connectivity index (χ1v) is 7.59. The van der Waals surface area contributed by atoms with E-state index >= 15 is 0 Å². The number of rotatable bonds is 5. The van der Waals surface area contributed by atoms with E-state index in [1.54, 1.807) is 36.9 Å². The molecular formula is C18H23NO3. The molecule has 0 saturated carbocycles. The Labute approximate surface area is 131 Å². The van der Waals surface area contributed by atoms with Crippen LogP contribution in [-0.2, 0) is 4.79 Å². The van der Waals surface area contributed by atoms with Crippen LogP contribution in [0.15, 0.2) is 30.4 Å². The van der Waals surface area contributed by atoms with Gasteiger partial charge in [0, 0.05) is 18.5 Å². The molecule has 0 aromatic heterocycles. The lowest BCUT2D eigenvalue weighted by atomic mass is 10.00. The summed E-state index contributed by atoms with van der Waals surface area (Å²) >= 11 is 0. The molecule has 0 saturated heterocycles. The summed E-state index contributed by atoms with van der Waals surface area (Å²) in [6, 6.07) is 5.29. The number of ether oxygens (including phenoxy) is 1. The van der Waals surface area contributed by atoms with E-state index in [2.05, 4.69) is 6.58 Å². The summed E-state index contributed by atoms with van der Waals surface area (Å²) in [4.78, 5) is 26.4. The second-order valence-electron chi connectivity index (χ2n) is 6.32. The average molecular weight is 301 g/mol. The van der Waals surface area contributed by atoms with E-state index in [1.165, 1.54) is 0 Å². The summed E-state index contributed by atoms with van der Waals surface area (Å²) in [7, 11) is 0. The lowest BCUT2D eigenvalue weighted by Gasteiger charge is -2.39. The van der Waals surface area contributed by atoms with Crippen molar-refractivity contribution in [2.75, 3.05) is 11.4 Å². The average Bonchev–Trinajstić information content (AvgIpc) is 2.43. The van der Waals surface area contributed by atoms with Gasteiger partial charge in [0.1, 0.15) is 5.75 Å². The molecule has 0 fully saturated rings. The Morgan fingerprint density at radius 2 is 2.05 bits per heavy atom. The van der Waals surface area contributed by atoms with Crippen LogP contribution in [-0.4, -0.2) is 23.8 Å². The predicted octanol–water partition coefficient (Wildman–Crippen LogP) is 3.75. The number of benzene rings is 1. The molecule has 1 heterocycles. The molecule has 2 rings (SSSR count). The molecule has 0 radical (unpaired) electrons. The Kier molecular flexibility index (Phi) is 4.40. The van der Waals surface area contributed by atoms with Gasteiger partial charge in [0.05, 0.1) is 5.69 Å². The number of amides is 1. The molecule has 1 aromatic carbocycles. The number of Topliss-reactive ketones (excluding diaryl/α,β-unsaturated/α-hetero) is 1. The SMILES string of the molecule is C=C(C)CN1C(=O)C(C)(C)Oc2ccc(C(=O)CCC)cc21. The molecule has 1 aliphatic rings. The Bertz CT molecular complexity index is 631. The summed E-state index contributed by atoms with van der Waals surface area (Å²) in [5.74, 6) is 0.583. The van der Waals surface area contributed by atoms with Gasteiger partial charge in [-0.3, -0.25) is 9.59 Å². The Morgan fingerprint density at radius 1 is 1.36 bits per heavy atom. The molecule has 0 atom stereocenters. The highest BCUT2D eigenvalue weighted by Gasteiger charge is 2.40. The van der Waals surface area contributed by atoms with Crippen molar-refractivity contribution in [3.8, 4) is 5.75 Å². The number of fused-ring (bicyclic) bond motifs is 1. The third kappa shape index (κ3) is 3.06. The number of carbonyl (C=O) groups is 2. The van der Waals surface area contributed by atoms with E-state index in [1.807, 2.05) is 13.8 Å². The van der Waals surface area contributed by atoms with Crippen LogP contribution in [0, 0.1) is 0 Å². The van der Waals surface area contributed by atoms with Crippen LogP contribution < -0.4 is 9.64 Å². The first-order chi connectivity index (χ1) is 10.3. The standard InChI is InChI=1S/C18H23NO3/c1-6-7-15(20)13-8-9-16-14(10-13)19(11-12(2)3)17(21)18(4,5)22-16/h8-10H,2,6-7,11H2,1,3-5H3. The van der Waals surface area contributed by atoms with Crippen molar-refractivity contribution in [3.63, 3.8) is 0 Å². The van der Waals surface area contributed by atoms with E-state index in [9.17, 15) is 9.59 Å². The molecular weight excluding hydrogens is 278 g/mol. The van der Waals surface area contributed by atoms with Crippen molar-refractivity contribution in [3.05, 3.63) is 35.9 Å². The van der Waals surface area contributed by atoms with Crippen LogP contribution >= 0.6 is 0 Å². The monoisotopic (exact) mass is 301 g/mol. The molecule has 0 aliphatic carbocycles. The number of carbonyl (C=O) groups excluding carboxylic acids is 2. The number of hydrogen-bond donors (Lipinski definition) is 0. The van der Waals surface area contributed by atoms with Crippen LogP contribution in [0.25, 0.3) is 0 Å². The van der Waals surface area contributed by atoms with Gasteiger partial charge >= 0.3 is 0 Å². The number of hydrogen-bond acceptors (Lipinski definition) is 3. The van der Waals surface area contributed by atoms with Gasteiger partial charge < -0.3 is 9.64 Å². The summed E-state index contributed by atoms with van der Waals surface area (Å²) in [6.07, 6.45) is 1.30. The molecule has 1 aliphatic heterocycles. The van der Waals surface area contributed by atoms with Crippen molar-refractivity contribution in [1.29, 1.82) is 0 Å². The topological polar surface area (TPSA) is 46.6 Å². The minimum Gasteiger partial charge on any atom is -0.476 e. The van der Waals surface area contributed by atoms with Crippen molar-refractivity contribution in [2.45, 2.75) is 46.1 Å². The summed E-state index contributed by atoms with van der Waals surface area (Å²) in [6.45, 7) is 11.7. The molecule has 4 heteroatoms. The molecule has 0 bridgehead atoms. The maximum atomic E-state index is 12.6. The zero-order valence-corrected chi connectivity index (χ0v) is 13.7. The first-order valence-electron chi connectivity index (χ1n) is 7.59.